The lowest BCUT2D eigenvalue weighted by molar-refractivity contribution is -0.124. The van der Waals surface area contributed by atoms with Gasteiger partial charge in [-0.3, -0.25) is 4.79 Å². The third kappa shape index (κ3) is 3.76. The van der Waals surface area contributed by atoms with Crippen LogP contribution in [0.3, 0.4) is 0 Å². The van der Waals surface area contributed by atoms with Crippen LogP contribution >= 0.6 is 11.6 Å². The van der Waals surface area contributed by atoms with Gasteiger partial charge >= 0.3 is 0 Å². The van der Waals surface area contributed by atoms with E-state index in [0.29, 0.717) is 16.3 Å². The third-order valence-corrected chi connectivity index (χ3v) is 2.92. The summed E-state index contributed by atoms with van der Waals surface area (Å²) in [6, 6.07) is 6.71. The number of Topliss-reactive ketones (excluding diaryl/α,β-unsaturated/α-hetero) is 1. The lowest BCUT2D eigenvalue weighted by Gasteiger charge is -2.09. The summed E-state index contributed by atoms with van der Waals surface area (Å²) in [6.07, 6.45) is 0.802. The van der Waals surface area contributed by atoms with E-state index in [4.69, 9.17) is 21.6 Å². The van der Waals surface area contributed by atoms with Crippen molar-refractivity contribution in [2.75, 3.05) is 6.61 Å². The van der Waals surface area contributed by atoms with Gasteiger partial charge in [0.2, 0.25) is 0 Å². The molecule has 1 unspecified atom stereocenters. The maximum atomic E-state index is 11.5. The SMILES string of the molecule is CCC(C)C(=O)COc1ccc(C#N)c(Cl)c1. The first-order chi connectivity index (χ1) is 8.08. The first-order valence-corrected chi connectivity index (χ1v) is 5.81. The lowest BCUT2D eigenvalue weighted by Crippen LogP contribution is -2.18. The number of benzene rings is 1. The number of ketones is 1. The number of carbonyl (C=O) groups excluding carboxylic acids is 1. The van der Waals surface area contributed by atoms with Crippen molar-refractivity contribution in [3.05, 3.63) is 28.8 Å². The normalized spacial score (nSPS) is 11.6. The number of nitrogens with zero attached hydrogens (tertiary/aromatic N) is 1. The molecule has 0 heterocycles. The Kier molecular flexibility index (Phi) is 4.99. The van der Waals surface area contributed by atoms with Gasteiger partial charge in [0.25, 0.3) is 0 Å². The number of carbonyl (C=O) groups is 1. The van der Waals surface area contributed by atoms with Crippen LogP contribution in [-0.2, 0) is 4.79 Å². The predicted molar refractivity (Wildman–Crippen MR) is 66.1 cm³/mol. The molecule has 4 heteroatoms. The van der Waals surface area contributed by atoms with Crippen LogP contribution in [0.2, 0.25) is 5.02 Å². The summed E-state index contributed by atoms with van der Waals surface area (Å²) in [5.74, 6) is 0.572. The zero-order valence-corrected chi connectivity index (χ0v) is 10.6. The largest absolute Gasteiger partial charge is 0.486 e. The minimum Gasteiger partial charge on any atom is -0.486 e. The Morgan fingerprint density at radius 2 is 2.29 bits per heavy atom. The van der Waals surface area contributed by atoms with Crippen LogP contribution in [0.4, 0.5) is 0 Å². The smallest absolute Gasteiger partial charge is 0.172 e. The van der Waals surface area contributed by atoms with E-state index in [2.05, 4.69) is 0 Å². The number of nitriles is 1. The fourth-order valence-corrected chi connectivity index (χ4v) is 1.41. The van der Waals surface area contributed by atoms with Crippen LogP contribution in [0.15, 0.2) is 18.2 Å². The molecule has 0 spiro atoms. The van der Waals surface area contributed by atoms with Crippen LogP contribution in [0, 0.1) is 17.2 Å². The maximum absolute atomic E-state index is 11.5. The first kappa shape index (κ1) is 13.5. The Morgan fingerprint density at radius 3 is 2.82 bits per heavy atom. The first-order valence-electron chi connectivity index (χ1n) is 5.43. The van der Waals surface area contributed by atoms with Gasteiger partial charge in [0.15, 0.2) is 5.78 Å². The van der Waals surface area contributed by atoms with Crippen LogP contribution in [0.1, 0.15) is 25.8 Å². The Labute approximate surface area is 106 Å². The molecule has 17 heavy (non-hydrogen) atoms. The van der Waals surface area contributed by atoms with Gasteiger partial charge in [0.1, 0.15) is 18.4 Å². The highest BCUT2D eigenvalue weighted by atomic mass is 35.5. The second-order valence-electron chi connectivity index (χ2n) is 3.82. The van der Waals surface area contributed by atoms with Crippen molar-refractivity contribution in [2.24, 2.45) is 5.92 Å². The molecule has 90 valence electrons. The average Bonchev–Trinajstić information content (AvgIpc) is 2.35. The Balaban J connectivity index is 2.62. The van der Waals surface area contributed by atoms with Crippen molar-refractivity contribution >= 4 is 17.4 Å². The number of rotatable bonds is 5. The third-order valence-electron chi connectivity index (χ3n) is 2.60. The van der Waals surface area contributed by atoms with Gasteiger partial charge in [-0.05, 0) is 18.6 Å². The van der Waals surface area contributed by atoms with E-state index >= 15 is 0 Å². The molecular weight excluding hydrogens is 238 g/mol. The summed E-state index contributed by atoms with van der Waals surface area (Å²) < 4.78 is 5.33. The molecule has 3 nitrogen and oxygen atoms in total. The fourth-order valence-electron chi connectivity index (χ4n) is 1.20. The van der Waals surface area contributed by atoms with Gasteiger partial charge in [-0.2, -0.15) is 5.26 Å². The molecule has 0 aliphatic carbocycles. The summed E-state index contributed by atoms with van der Waals surface area (Å²) in [5, 5.41) is 9.04. The molecule has 1 aromatic carbocycles. The number of hydrogen-bond donors (Lipinski definition) is 0. The van der Waals surface area contributed by atoms with Crippen molar-refractivity contribution in [3.8, 4) is 11.8 Å². The van der Waals surface area contributed by atoms with Crippen molar-refractivity contribution in [3.63, 3.8) is 0 Å². The zero-order valence-electron chi connectivity index (χ0n) is 9.87. The second-order valence-corrected chi connectivity index (χ2v) is 4.22. The molecule has 0 aliphatic heterocycles. The molecule has 1 atom stereocenters. The summed E-state index contributed by atoms with van der Waals surface area (Å²) >= 11 is 5.85. The van der Waals surface area contributed by atoms with E-state index in [1.54, 1.807) is 18.2 Å². The summed E-state index contributed by atoms with van der Waals surface area (Å²) in [5.41, 5.74) is 0.396. The van der Waals surface area contributed by atoms with E-state index < -0.39 is 0 Å². The molecular formula is C13H14ClNO2. The second kappa shape index (κ2) is 6.27. The minimum atomic E-state index is 0.00357. The minimum absolute atomic E-state index is 0.00357. The summed E-state index contributed by atoms with van der Waals surface area (Å²) in [6.45, 7) is 3.87. The number of halogens is 1. The summed E-state index contributed by atoms with van der Waals surface area (Å²) in [4.78, 5) is 11.5. The molecule has 0 bridgehead atoms. The molecule has 0 amide bonds. The Bertz CT molecular complexity index is 451. The average molecular weight is 252 g/mol. The van der Waals surface area contributed by atoms with Gasteiger partial charge in [-0.25, -0.2) is 0 Å². The van der Waals surface area contributed by atoms with Crippen LogP contribution in [0.5, 0.6) is 5.75 Å². The van der Waals surface area contributed by atoms with Gasteiger partial charge in [-0.15, -0.1) is 0 Å². The van der Waals surface area contributed by atoms with Gasteiger partial charge < -0.3 is 4.74 Å². The van der Waals surface area contributed by atoms with Gasteiger partial charge in [0.05, 0.1) is 10.6 Å². The highest BCUT2D eigenvalue weighted by molar-refractivity contribution is 6.31. The van der Waals surface area contributed by atoms with Crippen LogP contribution in [-0.4, -0.2) is 12.4 Å². The number of ether oxygens (including phenoxy) is 1. The highest BCUT2D eigenvalue weighted by Gasteiger charge is 2.11. The van der Waals surface area contributed by atoms with Gasteiger partial charge in [-0.1, -0.05) is 25.4 Å². The molecule has 0 aromatic heterocycles. The fraction of sp³-hybridized carbons (Fsp3) is 0.385. The van der Waals surface area contributed by atoms with Crippen molar-refractivity contribution in [1.82, 2.24) is 0 Å². The highest BCUT2D eigenvalue weighted by Crippen LogP contribution is 2.22. The molecule has 0 saturated heterocycles. The maximum Gasteiger partial charge on any atom is 0.172 e. The molecule has 1 aromatic rings. The topological polar surface area (TPSA) is 50.1 Å². The zero-order chi connectivity index (χ0) is 12.8. The van der Waals surface area contributed by atoms with Crippen LogP contribution in [0.25, 0.3) is 0 Å². The monoisotopic (exact) mass is 251 g/mol. The Morgan fingerprint density at radius 1 is 1.59 bits per heavy atom. The standard InChI is InChI=1S/C13H14ClNO2/c1-3-9(2)13(16)8-17-11-5-4-10(7-15)12(14)6-11/h4-6,9H,3,8H2,1-2H3. The van der Waals surface area contributed by atoms with Gasteiger partial charge in [0, 0.05) is 12.0 Å². The Hall–Kier alpha value is -1.53. The van der Waals surface area contributed by atoms with Crippen LogP contribution < -0.4 is 4.74 Å². The van der Waals surface area contributed by atoms with E-state index in [1.807, 2.05) is 19.9 Å². The molecule has 0 N–H and O–H groups in total. The predicted octanol–water partition coefficient (Wildman–Crippen LogP) is 3.21. The van der Waals surface area contributed by atoms with Crippen molar-refractivity contribution in [2.45, 2.75) is 20.3 Å². The molecule has 0 aliphatic rings. The molecule has 0 saturated carbocycles. The molecule has 0 fully saturated rings. The van der Waals surface area contributed by atoms with E-state index in [9.17, 15) is 4.79 Å². The quantitative estimate of drug-likeness (QED) is 0.807. The summed E-state index contributed by atoms with van der Waals surface area (Å²) in [7, 11) is 0. The van der Waals surface area contributed by atoms with Crippen molar-refractivity contribution < 1.29 is 9.53 Å². The molecule has 0 radical (unpaired) electrons. The molecule has 1 rings (SSSR count). The van der Waals surface area contributed by atoms with E-state index in [-0.39, 0.29) is 18.3 Å². The van der Waals surface area contributed by atoms with Crippen molar-refractivity contribution in [1.29, 1.82) is 5.26 Å². The van der Waals surface area contributed by atoms with E-state index in [1.165, 1.54) is 0 Å². The van der Waals surface area contributed by atoms with E-state index in [0.717, 1.165) is 6.42 Å². The lowest BCUT2D eigenvalue weighted by atomic mass is 10.0. The number of hydrogen-bond acceptors (Lipinski definition) is 3.